The molecule has 1 fully saturated rings. The van der Waals surface area contributed by atoms with Crippen molar-refractivity contribution in [2.45, 2.75) is 6.04 Å². The van der Waals surface area contributed by atoms with Gasteiger partial charge in [0.1, 0.15) is 6.61 Å². The van der Waals surface area contributed by atoms with E-state index in [1.807, 2.05) is 0 Å². The van der Waals surface area contributed by atoms with Crippen molar-refractivity contribution in [2.24, 2.45) is 0 Å². The molecular weight excluding hydrogens is 214 g/mol. The summed E-state index contributed by atoms with van der Waals surface area (Å²) in [7, 11) is 1.58. The van der Waals surface area contributed by atoms with Crippen molar-refractivity contribution in [3.8, 4) is 0 Å². The highest BCUT2D eigenvalue weighted by Gasteiger charge is 2.26. The Balaban J connectivity index is 2.27. The van der Waals surface area contributed by atoms with Gasteiger partial charge in [0.25, 0.3) is 0 Å². The highest BCUT2D eigenvalue weighted by atomic mass is 16.5. The zero-order chi connectivity index (χ0) is 11.8. The van der Waals surface area contributed by atoms with Crippen molar-refractivity contribution in [3.05, 3.63) is 0 Å². The Hall–Kier alpha value is -0.690. The summed E-state index contributed by atoms with van der Waals surface area (Å²) in [6, 6.07) is -0.243. The Labute approximate surface area is 95.1 Å². The van der Waals surface area contributed by atoms with Crippen LogP contribution in [0.1, 0.15) is 0 Å². The standard InChI is InChI=1S/C10H19NO5/c1-14-4-5-16-8-10(13)11-2-3-15-7-9(11)6-12/h9,12H,2-8H2,1H3. The number of hydrogen-bond acceptors (Lipinski definition) is 5. The van der Waals surface area contributed by atoms with Crippen molar-refractivity contribution >= 4 is 5.91 Å². The van der Waals surface area contributed by atoms with Gasteiger partial charge < -0.3 is 24.2 Å². The molecule has 1 heterocycles. The lowest BCUT2D eigenvalue weighted by Crippen LogP contribution is -2.51. The lowest BCUT2D eigenvalue weighted by atomic mass is 10.2. The average molecular weight is 233 g/mol. The van der Waals surface area contributed by atoms with Crippen LogP contribution >= 0.6 is 0 Å². The number of methoxy groups -OCH3 is 1. The van der Waals surface area contributed by atoms with E-state index in [1.54, 1.807) is 12.0 Å². The molecule has 0 aliphatic carbocycles. The Morgan fingerprint density at radius 2 is 2.38 bits per heavy atom. The summed E-state index contributed by atoms with van der Waals surface area (Å²) in [6.45, 7) is 2.23. The number of ether oxygens (including phenoxy) is 3. The number of carbonyl (C=O) groups is 1. The lowest BCUT2D eigenvalue weighted by Gasteiger charge is -2.34. The molecule has 94 valence electrons. The highest BCUT2D eigenvalue weighted by Crippen LogP contribution is 2.06. The lowest BCUT2D eigenvalue weighted by molar-refractivity contribution is -0.146. The second kappa shape index (κ2) is 7.56. The number of rotatable bonds is 6. The summed E-state index contributed by atoms with van der Waals surface area (Å²) in [5.41, 5.74) is 0. The Morgan fingerprint density at radius 1 is 1.56 bits per heavy atom. The second-order valence-electron chi connectivity index (χ2n) is 3.54. The molecular formula is C10H19NO5. The van der Waals surface area contributed by atoms with E-state index >= 15 is 0 Å². The maximum Gasteiger partial charge on any atom is 0.249 e. The molecule has 6 heteroatoms. The smallest absolute Gasteiger partial charge is 0.249 e. The number of nitrogens with zero attached hydrogens (tertiary/aromatic N) is 1. The normalized spacial score (nSPS) is 21.1. The van der Waals surface area contributed by atoms with Gasteiger partial charge in [0.15, 0.2) is 0 Å². The monoisotopic (exact) mass is 233 g/mol. The molecule has 1 saturated heterocycles. The van der Waals surface area contributed by atoms with Crippen LogP contribution < -0.4 is 0 Å². The number of aliphatic hydroxyl groups excluding tert-OH is 1. The van der Waals surface area contributed by atoms with Gasteiger partial charge in [0, 0.05) is 13.7 Å². The van der Waals surface area contributed by atoms with E-state index in [9.17, 15) is 4.79 Å². The van der Waals surface area contributed by atoms with Crippen LogP contribution in [-0.2, 0) is 19.0 Å². The number of aliphatic hydroxyl groups is 1. The largest absolute Gasteiger partial charge is 0.394 e. The van der Waals surface area contributed by atoms with Crippen LogP contribution in [0.15, 0.2) is 0 Å². The van der Waals surface area contributed by atoms with Crippen LogP contribution in [0, 0.1) is 0 Å². The molecule has 16 heavy (non-hydrogen) atoms. The second-order valence-corrected chi connectivity index (χ2v) is 3.54. The van der Waals surface area contributed by atoms with Gasteiger partial charge in [-0.05, 0) is 0 Å². The fourth-order valence-corrected chi connectivity index (χ4v) is 1.52. The van der Waals surface area contributed by atoms with Crippen molar-refractivity contribution in [3.63, 3.8) is 0 Å². The fraction of sp³-hybridized carbons (Fsp3) is 0.900. The maximum absolute atomic E-state index is 11.7. The molecule has 0 bridgehead atoms. The summed E-state index contributed by atoms with van der Waals surface area (Å²) >= 11 is 0. The SMILES string of the molecule is COCCOCC(=O)N1CCOCC1CO. The molecule has 1 rings (SSSR count). The first-order chi connectivity index (χ1) is 7.79. The summed E-state index contributed by atoms with van der Waals surface area (Å²) in [6.07, 6.45) is 0. The average Bonchev–Trinajstić information content (AvgIpc) is 2.34. The van der Waals surface area contributed by atoms with Gasteiger partial charge in [0.2, 0.25) is 5.91 Å². The number of hydrogen-bond donors (Lipinski definition) is 1. The minimum absolute atomic E-state index is 0.0276. The van der Waals surface area contributed by atoms with Crippen LogP contribution in [0.2, 0.25) is 0 Å². The van der Waals surface area contributed by atoms with Gasteiger partial charge in [-0.25, -0.2) is 0 Å². The predicted molar refractivity (Wildman–Crippen MR) is 56.1 cm³/mol. The Morgan fingerprint density at radius 3 is 3.06 bits per heavy atom. The minimum Gasteiger partial charge on any atom is -0.394 e. The predicted octanol–water partition coefficient (Wildman–Crippen LogP) is -1.13. The van der Waals surface area contributed by atoms with Gasteiger partial charge in [-0.3, -0.25) is 4.79 Å². The number of morpholine rings is 1. The van der Waals surface area contributed by atoms with E-state index in [0.29, 0.717) is 33.0 Å². The molecule has 0 spiro atoms. The van der Waals surface area contributed by atoms with Gasteiger partial charge in [-0.15, -0.1) is 0 Å². The third-order valence-electron chi connectivity index (χ3n) is 2.42. The first kappa shape index (κ1) is 13.4. The van der Waals surface area contributed by atoms with E-state index < -0.39 is 0 Å². The molecule has 0 radical (unpaired) electrons. The van der Waals surface area contributed by atoms with Gasteiger partial charge >= 0.3 is 0 Å². The topological polar surface area (TPSA) is 68.2 Å². The molecule has 0 aromatic carbocycles. The Bertz CT molecular complexity index is 211. The molecule has 1 aliphatic rings. The van der Waals surface area contributed by atoms with E-state index in [0.717, 1.165) is 0 Å². The molecule has 0 saturated carbocycles. The third-order valence-corrected chi connectivity index (χ3v) is 2.42. The van der Waals surface area contributed by atoms with Crippen LogP contribution in [0.4, 0.5) is 0 Å². The molecule has 1 aliphatic heterocycles. The summed E-state index contributed by atoms with van der Waals surface area (Å²) in [4.78, 5) is 13.3. The molecule has 1 unspecified atom stereocenters. The molecule has 6 nitrogen and oxygen atoms in total. The van der Waals surface area contributed by atoms with Crippen LogP contribution in [-0.4, -0.2) is 75.3 Å². The van der Waals surface area contributed by atoms with Gasteiger partial charge in [-0.1, -0.05) is 0 Å². The van der Waals surface area contributed by atoms with E-state index in [1.165, 1.54) is 0 Å². The Kier molecular flexibility index (Phi) is 6.32. The number of amides is 1. The minimum atomic E-state index is -0.243. The first-order valence-corrected chi connectivity index (χ1v) is 5.34. The molecule has 0 aromatic heterocycles. The highest BCUT2D eigenvalue weighted by molar-refractivity contribution is 5.77. The van der Waals surface area contributed by atoms with Crippen molar-refractivity contribution in [1.82, 2.24) is 4.90 Å². The van der Waals surface area contributed by atoms with Crippen molar-refractivity contribution < 1.29 is 24.1 Å². The fourth-order valence-electron chi connectivity index (χ4n) is 1.52. The number of carbonyl (C=O) groups excluding carboxylic acids is 1. The van der Waals surface area contributed by atoms with E-state index in [4.69, 9.17) is 19.3 Å². The zero-order valence-corrected chi connectivity index (χ0v) is 9.55. The quantitative estimate of drug-likeness (QED) is 0.588. The summed E-state index contributed by atoms with van der Waals surface area (Å²) < 4.78 is 15.1. The zero-order valence-electron chi connectivity index (χ0n) is 9.55. The molecule has 1 atom stereocenters. The first-order valence-electron chi connectivity index (χ1n) is 5.34. The molecule has 1 N–H and O–H groups in total. The summed E-state index contributed by atoms with van der Waals surface area (Å²) in [5, 5.41) is 9.09. The van der Waals surface area contributed by atoms with Crippen molar-refractivity contribution in [1.29, 1.82) is 0 Å². The summed E-state index contributed by atoms with van der Waals surface area (Å²) in [5.74, 6) is -0.113. The third kappa shape index (κ3) is 4.05. The maximum atomic E-state index is 11.7. The van der Waals surface area contributed by atoms with Gasteiger partial charge in [0.05, 0.1) is 39.1 Å². The van der Waals surface area contributed by atoms with Crippen molar-refractivity contribution in [2.75, 3.05) is 53.3 Å². The van der Waals surface area contributed by atoms with Crippen LogP contribution in [0.25, 0.3) is 0 Å². The van der Waals surface area contributed by atoms with Gasteiger partial charge in [-0.2, -0.15) is 0 Å². The van der Waals surface area contributed by atoms with E-state index in [2.05, 4.69) is 0 Å². The van der Waals surface area contributed by atoms with E-state index in [-0.39, 0.29) is 25.2 Å². The molecule has 0 aromatic rings. The molecule has 1 amide bonds. The van der Waals surface area contributed by atoms with Crippen LogP contribution in [0.5, 0.6) is 0 Å². The van der Waals surface area contributed by atoms with Crippen LogP contribution in [0.3, 0.4) is 0 Å².